The molecule has 0 amide bonds. The zero-order valence-corrected chi connectivity index (χ0v) is 12.6. The zero-order valence-electron chi connectivity index (χ0n) is 12.6. The van der Waals surface area contributed by atoms with E-state index in [1.807, 2.05) is 0 Å². The van der Waals surface area contributed by atoms with Crippen LogP contribution < -0.4 is 5.73 Å². The predicted octanol–water partition coefficient (Wildman–Crippen LogP) is 3.92. The highest BCUT2D eigenvalue weighted by Gasteiger charge is 2.34. The standard InChI is InChI=1S/C16H21F2NO2/c1-9-4-10(8-16(2,3)7-9)21-15(20)11-5-14(19)13(18)6-12(11)17/h5-6,9-10H,4,7-8,19H2,1-3H3. The molecule has 1 aromatic carbocycles. The van der Waals surface area contributed by atoms with E-state index in [1.54, 1.807) is 0 Å². The summed E-state index contributed by atoms with van der Waals surface area (Å²) in [7, 11) is 0. The van der Waals surface area contributed by atoms with Crippen molar-refractivity contribution in [1.82, 2.24) is 0 Å². The highest BCUT2D eigenvalue weighted by atomic mass is 19.1. The molecule has 1 aliphatic rings. The molecule has 2 N–H and O–H groups in total. The van der Waals surface area contributed by atoms with Gasteiger partial charge in [-0.3, -0.25) is 0 Å². The van der Waals surface area contributed by atoms with E-state index < -0.39 is 17.6 Å². The minimum Gasteiger partial charge on any atom is -0.459 e. The van der Waals surface area contributed by atoms with Gasteiger partial charge in [-0.2, -0.15) is 0 Å². The van der Waals surface area contributed by atoms with Gasteiger partial charge in [0.2, 0.25) is 0 Å². The molecule has 2 atom stereocenters. The zero-order chi connectivity index (χ0) is 15.8. The Kier molecular flexibility index (Phi) is 4.21. The highest BCUT2D eigenvalue weighted by molar-refractivity contribution is 5.90. The lowest BCUT2D eigenvalue weighted by Crippen LogP contribution is -2.34. The largest absolute Gasteiger partial charge is 0.459 e. The normalized spacial score (nSPS) is 24.6. The topological polar surface area (TPSA) is 52.3 Å². The number of carbonyl (C=O) groups is 1. The van der Waals surface area contributed by atoms with E-state index in [1.165, 1.54) is 0 Å². The molecular formula is C16H21F2NO2. The number of rotatable bonds is 2. The molecule has 1 aliphatic carbocycles. The van der Waals surface area contributed by atoms with Crippen LogP contribution in [0.15, 0.2) is 12.1 Å². The average Bonchev–Trinajstić information content (AvgIpc) is 2.30. The number of hydrogen-bond donors (Lipinski definition) is 1. The Morgan fingerprint density at radius 3 is 2.57 bits per heavy atom. The molecule has 0 bridgehead atoms. The van der Waals surface area contributed by atoms with Crippen molar-refractivity contribution in [3.63, 3.8) is 0 Å². The van der Waals surface area contributed by atoms with Crippen molar-refractivity contribution in [2.75, 3.05) is 5.73 Å². The van der Waals surface area contributed by atoms with Gasteiger partial charge in [0.25, 0.3) is 0 Å². The third-order valence-electron chi connectivity index (χ3n) is 3.93. The van der Waals surface area contributed by atoms with Gasteiger partial charge in [0, 0.05) is 6.07 Å². The fourth-order valence-corrected chi connectivity index (χ4v) is 3.29. The van der Waals surface area contributed by atoms with E-state index in [0.717, 1.165) is 25.3 Å². The summed E-state index contributed by atoms with van der Waals surface area (Å²) in [6.07, 6.45) is 2.32. The molecule has 5 heteroatoms. The van der Waals surface area contributed by atoms with Crippen molar-refractivity contribution in [3.05, 3.63) is 29.3 Å². The van der Waals surface area contributed by atoms with E-state index in [4.69, 9.17) is 10.5 Å². The maximum absolute atomic E-state index is 13.7. The number of hydrogen-bond acceptors (Lipinski definition) is 3. The summed E-state index contributed by atoms with van der Waals surface area (Å²) in [6, 6.07) is 1.60. The number of nitrogen functional groups attached to an aromatic ring is 1. The quantitative estimate of drug-likeness (QED) is 0.665. The molecule has 0 aliphatic heterocycles. The van der Waals surface area contributed by atoms with Crippen LogP contribution in [0.4, 0.5) is 14.5 Å². The predicted molar refractivity (Wildman–Crippen MR) is 76.8 cm³/mol. The molecule has 0 aromatic heterocycles. The van der Waals surface area contributed by atoms with Gasteiger partial charge in [0.1, 0.15) is 17.7 Å². The van der Waals surface area contributed by atoms with E-state index in [-0.39, 0.29) is 22.8 Å². The van der Waals surface area contributed by atoms with E-state index >= 15 is 0 Å². The van der Waals surface area contributed by atoms with Crippen molar-refractivity contribution in [1.29, 1.82) is 0 Å². The fourth-order valence-electron chi connectivity index (χ4n) is 3.29. The second-order valence-corrected chi connectivity index (χ2v) is 6.79. The molecule has 0 spiro atoms. The molecule has 0 saturated heterocycles. The molecule has 21 heavy (non-hydrogen) atoms. The molecule has 116 valence electrons. The van der Waals surface area contributed by atoms with Gasteiger partial charge >= 0.3 is 5.97 Å². The molecule has 3 nitrogen and oxygen atoms in total. The first-order valence-electron chi connectivity index (χ1n) is 7.13. The molecule has 2 rings (SSSR count). The van der Waals surface area contributed by atoms with Crippen LogP contribution in [0.25, 0.3) is 0 Å². The van der Waals surface area contributed by atoms with Crippen LogP contribution in [-0.4, -0.2) is 12.1 Å². The Morgan fingerprint density at radius 1 is 1.29 bits per heavy atom. The van der Waals surface area contributed by atoms with Crippen LogP contribution >= 0.6 is 0 Å². The van der Waals surface area contributed by atoms with E-state index in [9.17, 15) is 13.6 Å². The Bertz CT molecular complexity index is 557. The molecule has 0 heterocycles. The summed E-state index contributed by atoms with van der Waals surface area (Å²) >= 11 is 0. The Hall–Kier alpha value is -1.65. The van der Waals surface area contributed by atoms with Crippen molar-refractivity contribution < 1.29 is 18.3 Å². The average molecular weight is 297 g/mol. The van der Waals surface area contributed by atoms with Gasteiger partial charge in [-0.05, 0) is 36.7 Å². The number of esters is 1. The van der Waals surface area contributed by atoms with Crippen molar-refractivity contribution in [2.24, 2.45) is 11.3 Å². The third-order valence-corrected chi connectivity index (χ3v) is 3.93. The minimum absolute atomic E-state index is 0.0863. The Morgan fingerprint density at radius 2 is 1.95 bits per heavy atom. The van der Waals surface area contributed by atoms with Gasteiger partial charge in [-0.15, -0.1) is 0 Å². The second-order valence-electron chi connectivity index (χ2n) is 6.79. The number of nitrogens with two attached hydrogens (primary N) is 1. The summed E-state index contributed by atoms with van der Waals surface area (Å²) in [5, 5.41) is 0. The minimum atomic E-state index is -0.949. The lowest BCUT2D eigenvalue weighted by Gasteiger charge is -2.38. The van der Waals surface area contributed by atoms with Gasteiger partial charge in [-0.1, -0.05) is 20.8 Å². The molecule has 1 saturated carbocycles. The van der Waals surface area contributed by atoms with Crippen LogP contribution in [0.2, 0.25) is 0 Å². The second kappa shape index (κ2) is 5.62. The monoisotopic (exact) mass is 297 g/mol. The number of carbonyl (C=O) groups excluding carboxylic acids is 1. The maximum Gasteiger partial charge on any atom is 0.341 e. The Labute approximate surface area is 123 Å². The first-order chi connectivity index (χ1) is 9.68. The first kappa shape index (κ1) is 15.7. The summed E-state index contributed by atoms with van der Waals surface area (Å²) in [5.74, 6) is -2.17. The van der Waals surface area contributed by atoms with Crippen molar-refractivity contribution in [3.8, 4) is 0 Å². The smallest absolute Gasteiger partial charge is 0.341 e. The molecule has 1 aromatic rings. The number of anilines is 1. The summed E-state index contributed by atoms with van der Waals surface area (Å²) in [5.41, 5.74) is 4.88. The first-order valence-corrected chi connectivity index (χ1v) is 7.13. The molecular weight excluding hydrogens is 276 g/mol. The van der Waals surface area contributed by atoms with Crippen molar-refractivity contribution in [2.45, 2.75) is 46.1 Å². The van der Waals surface area contributed by atoms with E-state index in [2.05, 4.69) is 20.8 Å². The number of benzene rings is 1. The lowest BCUT2D eigenvalue weighted by molar-refractivity contribution is -0.00750. The highest BCUT2D eigenvalue weighted by Crippen LogP contribution is 2.40. The summed E-state index contributed by atoms with van der Waals surface area (Å²) < 4.78 is 32.2. The third kappa shape index (κ3) is 3.71. The number of halogens is 2. The van der Waals surface area contributed by atoms with Crippen LogP contribution in [0.1, 0.15) is 50.4 Å². The Balaban J connectivity index is 2.13. The van der Waals surface area contributed by atoms with Crippen molar-refractivity contribution >= 4 is 11.7 Å². The molecule has 0 radical (unpaired) electrons. The van der Waals surface area contributed by atoms with Crippen LogP contribution in [0.5, 0.6) is 0 Å². The van der Waals surface area contributed by atoms with Gasteiger partial charge in [-0.25, -0.2) is 13.6 Å². The fraction of sp³-hybridized carbons (Fsp3) is 0.562. The molecule has 2 unspecified atom stereocenters. The van der Waals surface area contributed by atoms with Crippen LogP contribution in [0.3, 0.4) is 0 Å². The van der Waals surface area contributed by atoms with Crippen LogP contribution in [-0.2, 0) is 4.74 Å². The van der Waals surface area contributed by atoms with E-state index in [0.29, 0.717) is 12.0 Å². The number of ether oxygens (including phenoxy) is 1. The van der Waals surface area contributed by atoms with Gasteiger partial charge in [0.15, 0.2) is 0 Å². The van der Waals surface area contributed by atoms with Gasteiger partial charge < -0.3 is 10.5 Å². The molecule has 1 fully saturated rings. The van der Waals surface area contributed by atoms with Gasteiger partial charge in [0.05, 0.1) is 11.3 Å². The maximum atomic E-state index is 13.7. The summed E-state index contributed by atoms with van der Waals surface area (Å²) in [6.45, 7) is 6.36. The van der Waals surface area contributed by atoms with Crippen LogP contribution in [0, 0.1) is 23.0 Å². The summed E-state index contributed by atoms with van der Waals surface area (Å²) in [4.78, 5) is 12.1. The lowest BCUT2D eigenvalue weighted by atomic mass is 9.71. The SMILES string of the molecule is CC1CC(OC(=O)c2cc(N)c(F)cc2F)CC(C)(C)C1.